The molecule has 2 aromatic heterocycles. The van der Waals surface area contributed by atoms with Crippen LogP contribution in [0.25, 0.3) is 16.7 Å². The Kier molecular flexibility index (Phi) is 5.05. The SMILES string of the molecule is Cc1ccc(-n2ncc3c(N4CCN(C(=O)c5cccc(F)c5)CC4)nc(C)nc32)cc1. The first-order valence-electron chi connectivity index (χ1n) is 10.6. The van der Waals surface area contributed by atoms with E-state index < -0.39 is 5.82 Å². The normalized spacial score (nSPS) is 14.2. The molecule has 1 amide bonds. The number of piperazine rings is 1. The summed E-state index contributed by atoms with van der Waals surface area (Å²) < 4.78 is 15.3. The summed E-state index contributed by atoms with van der Waals surface area (Å²) in [5.74, 6) is 0.933. The maximum absolute atomic E-state index is 13.5. The third-order valence-electron chi connectivity index (χ3n) is 5.74. The van der Waals surface area contributed by atoms with Crippen LogP contribution in [0.15, 0.2) is 54.7 Å². The third kappa shape index (κ3) is 3.68. The number of rotatable bonds is 3. The molecule has 4 aromatic rings. The van der Waals surface area contributed by atoms with Crippen molar-refractivity contribution >= 4 is 22.8 Å². The second-order valence-electron chi connectivity index (χ2n) is 8.01. The molecule has 2 aromatic carbocycles. The summed E-state index contributed by atoms with van der Waals surface area (Å²) in [6.45, 7) is 6.25. The maximum atomic E-state index is 13.5. The number of carbonyl (C=O) groups is 1. The number of carbonyl (C=O) groups excluding carboxylic acids is 1. The second-order valence-corrected chi connectivity index (χ2v) is 8.01. The van der Waals surface area contributed by atoms with Gasteiger partial charge in [0, 0.05) is 31.7 Å². The Hall–Kier alpha value is -3.81. The molecular formula is C24H23FN6O. The summed E-state index contributed by atoms with van der Waals surface area (Å²) in [5, 5.41) is 5.45. The average Bonchev–Trinajstić information content (AvgIpc) is 3.22. The van der Waals surface area contributed by atoms with E-state index in [4.69, 9.17) is 4.98 Å². The monoisotopic (exact) mass is 430 g/mol. The van der Waals surface area contributed by atoms with Gasteiger partial charge in [0.05, 0.1) is 17.3 Å². The predicted octanol–water partition coefficient (Wildman–Crippen LogP) is 3.53. The van der Waals surface area contributed by atoms with Crippen molar-refractivity contribution in [2.75, 3.05) is 31.1 Å². The first-order chi connectivity index (χ1) is 15.5. The average molecular weight is 430 g/mol. The minimum absolute atomic E-state index is 0.152. The van der Waals surface area contributed by atoms with Crippen molar-refractivity contribution in [1.29, 1.82) is 0 Å². The minimum Gasteiger partial charge on any atom is -0.352 e. The van der Waals surface area contributed by atoms with Gasteiger partial charge in [0.25, 0.3) is 5.91 Å². The summed E-state index contributed by atoms with van der Waals surface area (Å²) in [6.07, 6.45) is 1.80. The number of aromatic nitrogens is 4. The fourth-order valence-corrected chi connectivity index (χ4v) is 4.04. The van der Waals surface area contributed by atoms with Gasteiger partial charge in [-0.05, 0) is 44.2 Å². The van der Waals surface area contributed by atoms with Crippen LogP contribution in [-0.4, -0.2) is 56.7 Å². The highest BCUT2D eigenvalue weighted by Crippen LogP contribution is 2.27. The molecule has 3 heterocycles. The third-order valence-corrected chi connectivity index (χ3v) is 5.74. The first-order valence-corrected chi connectivity index (χ1v) is 10.6. The number of aryl methyl sites for hydroxylation is 2. The fraction of sp³-hybridized carbons (Fsp3) is 0.250. The fourth-order valence-electron chi connectivity index (χ4n) is 4.04. The van der Waals surface area contributed by atoms with Gasteiger partial charge in [-0.2, -0.15) is 5.10 Å². The predicted molar refractivity (Wildman–Crippen MR) is 121 cm³/mol. The number of halogens is 1. The highest BCUT2D eigenvalue weighted by atomic mass is 19.1. The highest BCUT2D eigenvalue weighted by Gasteiger charge is 2.25. The molecule has 162 valence electrons. The van der Waals surface area contributed by atoms with Crippen LogP contribution in [0.1, 0.15) is 21.7 Å². The Morgan fingerprint density at radius 1 is 0.969 bits per heavy atom. The molecule has 0 unspecified atom stereocenters. The van der Waals surface area contributed by atoms with E-state index in [9.17, 15) is 9.18 Å². The van der Waals surface area contributed by atoms with Crippen LogP contribution in [0.2, 0.25) is 0 Å². The molecule has 0 N–H and O–H groups in total. The molecule has 0 radical (unpaired) electrons. The quantitative estimate of drug-likeness (QED) is 0.497. The van der Waals surface area contributed by atoms with Crippen molar-refractivity contribution in [3.05, 3.63) is 77.5 Å². The molecule has 7 nitrogen and oxygen atoms in total. The van der Waals surface area contributed by atoms with Crippen LogP contribution in [0, 0.1) is 19.7 Å². The first kappa shape index (κ1) is 20.1. The number of fused-ring (bicyclic) bond motifs is 1. The van der Waals surface area contributed by atoms with Gasteiger partial charge >= 0.3 is 0 Å². The minimum atomic E-state index is -0.404. The molecule has 0 bridgehead atoms. The Bertz CT molecular complexity index is 1290. The molecular weight excluding hydrogens is 407 g/mol. The zero-order valence-electron chi connectivity index (χ0n) is 18.0. The smallest absolute Gasteiger partial charge is 0.254 e. The summed E-state index contributed by atoms with van der Waals surface area (Å²) in [4.78, 5) is 26.0. The van der Waals surface area contributed by atoms with Crippen LogP contribution < -0.4 is 4.90 Å². The number of nitrogens with zero attached hydrogens (tertiary/aromatic N) is 6. The Morgan fingerprint density at radius 2 is 1.72 bits per heavy atom. The van der Waals surface area contributed by atoms with Crippen LogP contribution >= 0.6 is 0 Å². The molecule has 0 spiro atoms. The lowest BCUT2D eigenvalue weighted by atomic mass is 10.1. The summed E-state index contributed by atoms with van der Waals surface area (Å²) in [7, 11) is 0. The van der Waals surface area contributed by atoms with E-state index in [0.717, 1.165) is 22.5 Å². The maximum Gasteiger partial charge on any atom is 0.254 e. The zero-order valence-corrected chi connectivity index (χ0v) is 18.0. The Morgan fingerprint density at radius 3 is 2.44 bits per heavy atom. The van der Waals surface area contributed by atoms with Crippen LogP contribution in [0.3, 0.4) is 0 Å². The molecule has 0 atom stereocenters. The number of anilines is 1. The number of hydrogen-bond acceptors (Lipinski definition) is 5. The highest BCUT2D eigenvalue weighted by molar-refractivity contribution is 5.94. The van der Waals surface area contributed by atoms with Crippen molar-refractivity contribution in [2.24, 2.45) is 0 Å². The lowest BCUT2D eigenvalue weighted by Crippen LogP contribution is -2.49. The lowest BCUT2D eigenvalue weighted by Gasteiger charge is -2.35. The lowest BCUT2D eigenvalue weighted by molar-refractivity contribution is 0.0746. The standard InChI is InChI=1S/C24H23FN6O/c1-16-6-8-20(9-7-16)31-23-21(15-26-31)22(27-17(2)28-23)29-10-12-30(13-11-29)24(32)18-4-3-5-19(25)14-18/h3-9,14-15H,10-13H2,1-2H3. The van der Waals surface area contributed by atoms with E-state index in [1.807, 2.05) is 42.8 Å². The van der Waals surface area contributed by atoms with E-state index in [2.05, 4.69) is 15.0 Å². The summed E-state index contributed by atoms with van der Waals surface area (Å²) in [5.41, 5.74) is 3.26. The van der Waals surface area contributed by atoms with E-state index in [1.54, 1.807) is 23.2 Å². The van der Waals surface area contributed by atoms with Crippen molar-refractivity contribution in [1.82, 2.24) is 24.6 Å². The molecule has 5 rings (SSSR count). The largest absolute Gasteiger partial charge is 0.352 e. The van der Waals surface area contributed by atoms with Crippen molar-refractivity contribution in [3.63, 3.8) is 0 Å². The number of benzene rings is 2. The van der Waals surface area contributed by atoms with Crippen molar-refractivity contribution in [3.8, 4) is 5.69 Å². The van der Waals surface area contributed by atoms with Gasteiger partial charge < -0.3 is 9.80 Å². The molecule has 0 saturated carbocycles. The topological polar surface area (TPSA) is 67.2 Å². The summed E-state index contributed by atoms with van der Waals surface area (Å²) in [6, 6.07) is 14.0. The van der Waals surface area contributed by atoms with Gasteiger partial charge in [-0.25, -0.2) is 19.0 Å². The van der Waals surface area contributed by atoms with Crippen molar-refractivity contribution < 1.29 is 9.18 Å². The number of hydrogen-bond donors (Lipinski definition) is 0. The van der Waals surface area contributed by atoms with Gasteiger partial charge in [-0.15, -0.1) is 0 Å². The molecule has 32 heavy (non-hydrogen) atoms. The van der Waals surface area contributed by atoms with Crippen LogP contribution in [-0.2, 0) is 0 Å². The molecule has 1 fully saturated rings. The van der Waals surface area contributed by atoms with E-state index in [0.29, 0.717) is 37.6 Å². The van der Waals surface area contributed by atoms with Crippen LogP contribution in [0.5, 0.6) is 0 Å². The van der Waals surface area contributed by atoms with Gasteiger partial charge in [0.2, 0.25) is 0 Å². The second kappa shape index (κ2) is 8.03. The van der Waals surface area contributed by atoms with Gasteiger partial charge in [-0.1, -0.05) is 23.8 Å². The van der Waals surface area contributed by atoms with E-state index >= 15 is 0 Å². The van der Waals surface area contributed by atoms with Crippen LogP contribution in [0.4, 0.5) is 10.2 Å². The Labute approximate surface area is 185 Å². The zero-order chi connectivity index (χ0) is 22.2. The summed E-state index contributed by atoms with van der Waals surface area (Å²) >= 11 is 0. The van der Waals surface area contributed by atoms with Gasteiger partial charge in [0.15, 0.2) is 5.65 Å². The van der Waals surface area contributed by atoms with Crippen molar-refractivity contribution in [2.45, 2.75) is 13.8 Å². The van der Waals surface area contributed by atoms with Gasteiger partial charge in [0.1, 0.15) is 17.5 Å². The molecule has 1 aliphatic rings. The van der Waals surface area contributed by atoms with Gasteiger partial charge in [-0.3, -0.25) is 4.79 Å². The molecule has 8 heteroatoms. The Balaban J connectivity index is 1.40. The molecule has 0 aliphatic carbocycles. The number of amides is 1. The van der Waals surface area contributed by atoms with E-state index in [1.165, 1.54) is 17.7 Å². The molecule has 1 saturated heterocycles. The molecule has 1 aliphatic heterocycles. The van der Waals surface area contributed by atoms with E-state index in [-0.39, 0.29) is 5.91 Å².